The van der Waals surface area contributed by atoms with Crippen molar-refractivity contribution in [3.05, 3.63) is 51.7 Å². The molecule has 0 unspecified atom stereocenters. The molecule has 2 nitrogen and oxygen atoms in total. The molecule has 0 saturated heterocycles. The third kappa shape index (κ3) is 2.61. The molecule has 0 aliphatic heterocycles. The van der Waals surface area contributed by atoms with Crippen molar-refractivity contribution < 1.29 is 4.39 Å². The minimum atomic E-state index is -0.203. The molecule has 1 aromatic carbocycles. The van der Waals surface area contributed by atoms with Crippen LogP contribution in [0.5, 0.6) is 0 Å². The lowest BCUT2D eigenvalue weighted by atomic mass is 10.1. The molecule has 0 aliphatic carbocycles. The normalized spacial score (nSPS) is 10.5. The smallest absolute Gasteiger partial charge is 0.123 e. The van der Waals surface area contributed by atoms with Crippen LogP contribution in [0.4, 0.5) is 4.39 Å². The number of rotatable bonds is 3. The Balaban J connectivity index is 2.11. The topological polar surface area (TPSA) is 38.9 Å². The van der Waals surface area contributed by atoms with Crippen LogP contribution in [0.15, 0.2) is 30.5 Å². The first kappa shape index (κ1) is 10.3. The molecule has 78 valence electrons. The molecule has 2 aromatic rings. The lowest BCUT2D eigenvalue weighted by Crippen LogP contribution is -1.93. The van der Waals surface area contributed by atoms with Crippen LogP contribution in [0, 0.1) is 5.82 Å². The minimum absolute atomic E-state index is 0.203. The van der Waals surface area contributed by atoms with Crippen LogP contribution in [0.3, 0.4) is 0 Å². The number of benzene rings is 1. The molecule has 2 rings (SSSR count). The highest BCUT2D eigenvalue weighted by atomic mass is 32.1. The highest BCUT2D eigenvalue weighted by Gasteiger charge is 2.01. The highest BCUT2D eigenvalue weighted by Crippen LogP contribution is 2.17. The SMILES string of the molecule is NCc1ncc(Cc2ccc(F)cc2)s1. The Kier molecular flexibility index (Phi) is 3.08. The third-order valence-corrected chi connectivity index (χ3v) is 3.09. The van der Waals surface area contributed by atoms with E-state index in [1.165, 1.54) is 12.1 Å². The monoisotopic (exact) mass is 222 g/mol. The van der Waals surface area contributed by atoms with Gasteiger partial charge in [0, 0.05) is 24.0 Å². The van der Waals surface area contributed by atoms with Gasteiger partial charge in [-0.1, -0.05) is 12.1 Å². The molecule has 0 atom stereocenters. The molecule has 0 saturated carbocycles. The van der Waals surface area contributed by atoms with E-state index in [2.05, 4.69) is 4.98 Å². The van der Waals surface area contributed by atoms with E-state index in [1.54, 1.807) is 23.5 Å². The van der Waals surface area contributed by atoms with Crippen LogP contribution >= 0.6 is 11.3 Å². The molecule has 0 bridgehead atoms. The predicted octanol–water partition coefficient (Wildman–Crippen LogP) is 2.33. The van der Waals surface area contributed by atoms with Gasteiger partial charge in [0.15, 0.2) is 0 Å². The number of hydrogen-bond donors (Lipinski definition) is 1. The summed E-state index contributed by atoms with van der Waals surface area (Å²) in [4.78, 5) is 5.32. The Morgan fingerprint density at radius 2 is 2.00 bits per heavy atom. The molecule has 0 radical (unpaired) electrons. The van der Waals surface area contributed by atoms with Crippen molar-refractivity contribution in [1.29, 1.82) is 0 Å². The van der Waals surface area contributed by atoms with Gasteiger partial charge in [-0.05, 0) is 17.7 Å². The Hall–Kier alpha value is -1.26. The van der Waals surface area contributed by atoms with Crippen molar-refractivity contribution >= 4 is 11.3 Å². The zero-order chi connectivity index (χ0) is 10.7. The molecule has 1 aromatic heterocycles. The van der Waals surface area contributed by atoms with E-state index >= 15 is 0 Å². The molecule has 15 heavy (non-hydrogen) atoms. The summed E-state index contributed by atoms with van der Waals surface area (Å²) < 4.78 is 12.7. The standard InChI is InChI=1S/C11H11FN2S/c12-9-3-1-8(2-4-9)5-10-7-14-11(6-13)15-10/h1-4,7H,5-6,13H2. The number of nitrogens with two attached hydrogens (primary N) is 1. The number of thiazole rings is 1. The summed E-state index contributed by atoms with van der Waals surface area (Å²) in [5.41, 5.74) is 6.56. The minimum Gasteiger partial charge on any atom is -0.325 e. The molecule has 0 spiro atoms. The fraction of sp³-hybridized carbons (Fsp3) is 0.182. The number of nitrogens with zero attached hydrogens (tertiary/aromatic N) is 1. The van der Waals surface area contributed by atoms with Gasteiger partial charge in [-0.15, -0.1) is 11.3 Å². The first-order valence-corrected chi connectivity index (χ1v) is 5.47. The first-order chi connectivity index (χ1) is 7.28. The molecule has 0 fully saturated rings. The van der Waals surface area contributed by atoms with Crippen LogP contribution in [-0.2, 0) is 13.0 Å². The highest BCUT2D eigenvalue weighted by molar-refractivity contribution is 7.11. The van der Waals surface area contributed by atoms with Crippen LogP contribution in [-0.4, -0.2) is 4.98 Å². The van der Waals surface area contributed by atoms with Crippen LogP contribution in [0.25, 0.3) is 0 Å². The molecule has 4 heteroatoms. The summed E-state index contributed by atoms with van der Waals surface area (Å²) in [5, 5.41) is 0.937. The lowest BCUT2D eigenvalue weighted by molar-refractivity contribution is 0.627. The van der Waals surface area contributed by atoms with Crippen LogP contribution in [0.2, 0.25) is 0 Å². The largest absolute Gasteiger partial charge is 0.325 e. The van der Waals surface area contributed by atoms with Gasteiger partial charge in [0.2, 0.25) is 0 Å². The van der Waals surface area contributed by atoms with Crippen molar-refractivity contribution in [2.45, 2.75) is 13.0 Å². The van der Waals surface area contributed by atoms with E-state index in [-0.39, 0.29) is 5.82 Å². The van der Waals surface area contributed by atoms with Crippen LogP contribution in [0.1, 0.15) is 15.4 Å². The molecule has 2 N–H and O–H groups in total. The van der Waals surface area contributed by atoms with E-state index in [4.69, 9.17) is 5.73 Å². The number of halogens is 1. The van der Waals surface area contributed by atoms with E-state index in [9.17, 15) is 4.39 Å². The van der Waals surface area contributed by atoms with Gasteiger partial charge >= 0.3 is 0 Å². The fourth-order valence-electron chi connectivity index (χ4n) is 1.33. The summed E-state index contributed by atoms with van der Waals surface area (Å²) in [6.07, 6.45) is 2.62. The van der Waals surface area contributed by atoms with E-state index in [0.717, 1.165) is 21.9 Å². The Bertz CT molecular complexity index is 436. The van der Waals surface area contributed by atoms with E-state index < -0.39 is 0 Å². The maximum atomic E-state index is 12.7. The molecular formula is C11H11FN2S. The van der Waals surface area contributed by atoms with Gasteiger partial charge in [0.25, 0.3) is 0 Å². The molecular weight excluding hydrogens is 211 g/mol. The Labute approximate surface area is 91.6 Å². The van der Waals surface area contributed by atoms with Crippen molar-refractivity contribution in [2.75, 3.05) is 0 Å². The summed E-state index contributed by atoms with van der Waals surface area (Å²) in [6.45, 7) is 0.480. The van der Waals surface area contributed by atoms with Crippen molar-refractivity contribution in [1.82, 2.24) is 4.98 Å². The predicted molar refractivity (Wildman–Crippen MR) is 59.2 cm³/mol. The second-order valence-corrected chi connectivity index (χ2v) is 4.43. The average molecular weight is 222 g/mol. The maximum Gasteiger partial charge on any atom is 0.123 e. The molecule has 0 amide bonds. The van der Waals surface area contributed by atoms with Crippen LogP contribution < -0.4 is 5.73 Å². The third-order valence-electron chi connectivity index (χ3n) is 2.07. The second kappa shape index (κ2) is 4.51. The fourth-order valence-corrected chi connectivity index (χ4v) is 2.16. The Morgan fingerprint density at radius 1 is 1.27 bits per heavy atom. The first-order valence-electron chi connectivity index (χ1n) is 4.66. The van der Waals surface area contributed by atoms with E-state index in [1.807, 2.05) is 6.20 Å². The molecule has 0 aliphatic rings. The van der Waals surface area contributed by atoms with Crippen molar-refractivity contribution in [2.24, 2.45) is 5.73 Å². The average Bonchev–Trinajstić information content (AvgIpc) is 2.69. The van der Waals surface area contributed by atoms with Crippen molar-refractivity contribution in [3.8, 4) is 0 Å². The Morgan fingerprint density at radius 3 is 2.60 bits per heavy atom. The van der Waals surface area contributed by atoms with Gasteiger partial charge in [-0.25, -0.2) is 9.37 Å². The van der Waals surface area contributed by atoms with Gasteiger partial charge < -0.3 is 5.73 Å². The van der Waals surface area contributed by atoms with Gasteiger partial charge in [0.05, 0.1) is 0 Å². The van der Waals surface area contributed by atoms with Crippen molar-refractivity contribution in [3.63, 3.8) is 0 Å². The number of hydrogen-bond acceptors (Lipinski definition) is 3. The number of aromatic nitrogens is 1. The van der Waals surface area contributed by atoms with Gasteiger partial charge in [-0.2, -0.15) is 0 Å². The zero-order valence-electron chi connectivity index (χ0n) is 8.11. The summed E-state index contributed by atoms with van der Waals surface area (Å²) in [7, 11) is 0. The second-order valence-electron chi connectivity index (χ2n) is 3.23. The maximum absolute atomic E-state index is 12.7. The molecule has 1 heterocycles. The zero-order valence-corrected chi connectivity index (χ0v) is 8.93. The summed E-state index contributed by atoms with van der Waals surface area (Å²) in [6, 6.07) is 6.52. The quantitative estimate of drug-likeness (QED) is 0.865. The lowest BCUT2D eigenvalue weighted by Gasteiger charge is -1.97. The summed E-state index contributed by atoms with van der Waals surface area (Å²) >= 11 is 1.60. The van der Waals surface area contributed by atoms with Gasteiger partial charge in [0.1, 0.15) is 10.8 Å². The van der Waals surface area contributed by atoms with Gasteiger partial charge in [-0.3, -0.25) is 0 Å². The van der Waals surface area contributed by atoms with E-state index in [0.29, 0.717) is 6.54 Å². The summed E-state index contributed by atoms with van der Waals surface area (Å²) in [5.74, 6) is -0.203.